The van der Waals surface area contributed by atoms with Gasteiger partial charge in [-0.3, -0.25) is 9.48 Å². The van der Waals surface area contributed by atoms with Crippen LogP contribution in [0.1, 0.15) is 18.2 Å². The van der Waals surface area contributed by atoms with E-state index in [-0.39, 0.29) is 5.91 Å². The van der Waals surface area contributed by atoms with Crippen LogP contribution in [0.4, 0.5) is 0 Å². The van der Waals surface area contributed by atoms with Crippen molar-refractivity contribution in [3.05, 3.63) is 36.2 Å². The van der Waals surface area contributed by atoms with Crippen LogP contribution in [0.25, 0.3) is 0 Å². The molecule has 0 aliphatic heterocycles. The van der Waals surface area contributed by atoms with Crippen LogP contribution in [0.3, 0.4) is 0 Å². The number of likely N-dealkylation sites (N-methyl/N-ethyl adjacent to an activating group) is 1. The molecule has 0 atom stereocenters. The molecule has 0 unspecified atom stereocenters. The Labute approximate surface area is 112 Å². The van der Waals surface area contributed by atoms with Gasteiger partial charge in [0.25, 0.3) is 0 Å². The Morgan fingerprint density at radius 3 is 2.79 bits per heavy atom. The fraction of sp³-hybridized carbons (Fsp3) is 0.462. The van der Waals surface area contributed by atoms with Crippen LogP contribution in [-0.4, -0.2) is 37.2 Å². The SMILES string of the molecule is CCc1cn(CC(=O)N(C)Cc2cnn(C)c2)cn1. The highest BCUT2D eigenvalue weighted by Crippen LogP contribution is 2.03. The summed E-state index contributed by atoms with van der Waals surface area (Å²) in [5.74, 6) is 0.0592. The number of aromatic nitrogens is 4. The van der Waals surface area contributed by atoms with E-state index in [1.807, 2.05) is 30.9 Å². The second-order valence-corrected chi connectivity index (χ2v) is 4.66. The molecule has 6 heteroatoms. The topological polar surface area (TPSA) is 56.0 Å². The van der Waals surface area contributed by atoms with Crippen molar-refractivity contribution in [2.45, 2.75) is 26.4 Å². The smallest absolute Gasteiger partial charge is 0.242 e. The molecule has 1 amide bonds. The van der Waals surface area contributed by atoms with Gasteiger partial charge in [-0.2, -0.15) is 5.10 Å². The first-order valence-electron chi connectivity index (χ1n) is 6.30. The summed E-state index contributed by atoms with van der Waals surface area (Å²) in [5, 5.41) is 4.09. The maximum Gasteiger partial charge on any atom is 0.242 e. The monoisotopic (exact) mass is 261 g/mol. The number of carbonyl (C=O) groups is 1. The quantitative estimate of drug-likeness (QED) is 0.801. The fourth-order valence-electron chi connectivity index (χ4n) is 1.87. The van der Waals surface area contributed by atoms with Crippen LogP contribution in [0, 0.1) is 0 Å². The van der Waals surface area contributed by atoms with Crippen molar-refractivity contribution < 1.29 is 4.79 Å². The highest BCUT2D eigenvalue weighted by Gasteiger charge is 2.11. The zero-order valence-electron chi connectivity index (χ0n) is 11.6. The molecular formula is C13H19N5O. The van der Waals surface area contributed by atoms with E-state index in [0.29, 0.717) is 13.1 Å². The standard InChI is InChI=1S/C13H19N5O/c1-4-12-8-18(10-14-12)9-13(19)16(2)6-11-5-15-17(3)7-11/h5,7-8,10H,4,6,9H2,1-3H3. The Hall–Kier alpha value is -2.11. The summed E-state index contributed by atoms with van der Waals surface area (Å²) in [6.07, 6.45) is 8.18. The van der Waals surface area contributed by atoms with Gasteiger partial charge >= 0.3 is 0 Å². The van der Waals surface area contributed by atoms with E-state index in [1.54, 1.807) is 29.2 Å². The number of amides is 1. The summed E-state index contributed by atoms with van der Waals surface area (Å²) in [7, 11) is 3.66. The second kappa shape index (κ2) is 5.69. The van der Waals surface area contributed by atoms with Crippen molar-refractivity contribution in [2.75, 3.05) is 7.05 Å². The maximum atomic E-state index is 12.1. The number of rotatable bonds is 5. The molecule has 0 saturated heterocycles. The van der Waals surface area contributed by atoms with Gasteiger partial charge in [-0.15, -0.1) is 0 Å². The van der Waals surface area contributed by atoms with Gasteiger partial charge in [-0.1, -0.05) is 6.92 Å². The van der Waals surface area contributed by atoms with Crippen LogP contribution in [0.15, 0.2) is 24.9 Å². The van der Waals surface area contributed by atoms with Gasteiger partial charge in [0, 0.05) is 38.6 Å². The minimum atomic E-state index is 0.0592. The average Bonchev–Trinajstić information content (AvgIpc) is 2.98. The van der Waals surface area contributed by atoms with Crippen LogP contribution in [0.2, 0.25) is 0 Å². The number of aryl methyl sites for hydroxylation is 2. The highest BCUT2D eigenvalue weighted by atomic mass is 16.2. The van der Waals surface area contributed by atoms with Gasteiger partial charge in [-0.25, -0.2) is 4.98 Å². The van der Waals surface area contributed by atoms with E-state index in [0.717, 1.165) is 17.7 Å². The lowest BCUT2D eigenvalue weighted by Gasteiger charge is -2.16. The van der Waals surface area contributed by atoms with Crippen LogP contribution in [0.5, 0.6) is 0 Å². The number of hydrogen-bond acceptors (Lipinski definition) is 3. The van der Waals surface area contributed by atoms with Crippen molar-refractivity contribution in [3.63, 3.8) is 0 Å². The Bertz CT molecular complexity index is 557. The van der Waals surface area contributed by atoms with Gasteiger partial charge in [-0.05, 0) is 6.42 Å². The Balaban J connectivity index is 1.91. The third-order valence-corrected chi connectivity index (χ3v) is 2.97. The normalized spacial score (nSPS) is 10.7. The molecule has 102 valence electrons. The lowest BCUT2D eigenvalue weighted by Crippen LogP contribution is -2.29. The zero-order valence-corrected chi connectivity index (χ0v) is 11.6. The van der Waals surface area contributed by atoms with E-state index in [9.17, 15) is 4.79 Å². The molecule has 2 aromatic rings. The van der Waals surface area contributed by atoms with Crippen molar-refractivity contribution >= 4 is 5.91 Å². The number of hydrogen-bond donors (Lipinski definition) is 0. The van der Waals surface area contributed by atoms with Crippen molar-refractivity contribution in [3.8, 4) is 0 Å². The summed E-state index contributed by atoms with van der Waals surface area (Å²) in [4.78, 5) is 18.0. The predicted octanol–water partition coefficient (Wildman–Crippen LogP) is 0.838. The van der Waals surface area contributed by atoms with E-state index in [4.69, 9.17) is 0 Å². The summed E-state index contributed by atoms with van der Waals surface area (Å²) >= 11 is 0. The molecule has 0 aliphatic carbocycles. The minimum absolute atomic E-state index is 0.0592. The Morgan fingerprint density at radius 2 is 2.21 bits per heavy atom. The third-order valence-electron chi connectivity index (χ3n) is 2.97. The van der Waals surface area contributed by atoms with E-state index in [1.165, 1.54) is 0 Å². The first-order valence-corrected chi connectivity index (χ1v) is 6.30. The second-order valence-electron chi connectivity index (χ2n) is 4.66. The van der Waals surface area contributed by atoms with Gasteiger partial charge in [0.2, 0.25) is 5.91 Å². The zero-order chi connectivity index (χ0) is 13.8. The average molecular weight is 261 g/mol. The number of imidazole rings is 1. The van der Waals surface area contributed by atoms with Crippen molar-refractivity contribution in [2.24, 2.45) is 7.05 Å². The molecule has 0 bridgehead atoms. The van der Waals surface area contributed by atoms with Gasteiger partial charge in [0.1, 0.15) is 6.54 Å². The summed E-state index contributed by atoms with van der Waals surface area (Å²) in [5.41, 5.74) is 2.03. The van der Waals surface area contributed by atoms with Gasteiger partial charge in [0.15, 0.2) is 0 Å². The molecule has 0 N–H and O–H groups in total. The Morgan fingerprint density at radius 1 is 1.42 bits per heavy atom. The maximum absolute atomic E-state index is 12.1. The molecular weight excluding hydrogens is 242 g/mol. The molecule has 0 fully saturated rings. The summed E-state index contributed by atoms with van der Waals surface area (Å²) in [6, 6.07) is 0. The summed E-state index contributed by atoms with van der Waals surface area (Å²) in [6.45, 7) is 2.94. The molecule has 2 aromatic heterocycles. The molecule has 0 spiro atoms. The van der Waals surface area contributed by atoms with Crippen LogP contribution >= 0.6 is 0 Å². The minimum Gasteiger partial charge on any atom is -0.340 e. The van der Waals surface area contributed by atoms with Gasteiger partial charge < -0.3 is 9.47 Å². The fourth-order valence-corrected chi connectivity index (χ4v) is 1.87. The van der Waals surface area contributed by atoms with Crippen molar-refractivity contribution in [1.82, 2.24) is 24.2 Å². The van der Waals surface area contributed by atoms with E-state index >= 15 is 0 Å². The third kappa shape index (κ3) is 3.43. The summed E-state index contributed by atoms with van der Waals surface area (Å²) < 4.78 is 3.55. The first-order chi connectivity index (χ1) is 9.08. The first kappa shape index (κ1) is 13.3. The molecule has 2 rings (SSSR count). The lowest BCUT2D eigenvalue weighted by atomic mass is 10.3. The molecule has 0 aliphatic rings. The molecule has 6 nitrogen and oxygen atoms in total. The molecule has 0 saturated carbocycles. The van der Waals surface area contributed by atoms with Gasteiger partial charge in [0.05, 0.1) is 18.2 Å². The van der Waals surface area contributed by atoms with Crippen LogP contribution in [-0.2, 0) is 31.4 Å². The molecule has 19 heavy (non-hydrogen) atoms. The number of nitrogens with zero attached hydrogens (tertiary/aromatic N) is 5. The predicted molar refractivity (Wildman–Crippen MR) is 71.3 cm³/mol. The van der Waals surface area contributed by atoms with E-state index in [2.05, 4.69) is 10.1 Å². The molecule has 0 radical (unpaired) electrons. The highest BCUT2D eigenvalue weighted by molar-refractivity contribution is 5.75. The van der Waals surface area contributed by atoms with E-state index < -0.39 is 0 Å². The van der Waals surface area contributed by atoms with Crippen molar-refractivity contribution in [1.29, 1.82) is 0 Å². The lowest BCUT2D eigenvalue weighted by molar-refractivity contribution is -0.131. The molecule has 2 heterocycles. The number of carbonyl (C=O) groups excluding carboxylic acids is 1. The Kier molecular flexibility index (Phi) is 3.99. The molecule has 0 aromatic carbocycles. The van der Waals surface area contributed by atoms with Crippen LogP contribution < -0.4 is 0 Å². The largest absolute Gasteiger partial charge is 0.340 e.